The molecule has 0 fully saturated rings. The zero-order valence-electron chi connectivity index (χ0n) is 15.4. The van der Waals surface area contributed by atoms with Gasteiger partial charge in [0.15, 0.2) is 0 Å². The van der Waals surface area contributed by atoms with Gasteiger partial charge in [-0.3, -0.25) is 0 Å². The van der Waals surface area contributed by atoms with Gasteiger partial charge in [0.2, 0.25) is 0 Å². The van der Waals surface area contributed by atoms with Crippen LogP contribution < -0.4 is 5.32 Å². The van der Waals surface area contributed by atoms with Gasteiger partial charge in [-0.25, -0.2) is 9.97 Å². The molecule has 3 N–H and O–H groups in total. The Balaban J connectivity index is 1.22. The molecule has 3 aromatic heterocycles. The maximum Gasteiger partial charge on any atom is 0.143 e. The van der Waals surface area contributed by atoms with E-state index in [2.05, 4.69) is 80.0 Å². The number of benzene rings is 2. The molecule has 3 heterocycles. The average molecular weight is 367 g/mol. The topological polar surface area (TPSA) is 69.4 Å². The summed E-state index contributed by atoms with van der Waals surface area (Å²) in [5.74, 6) is 0.818. The number of rotatable bonds is 6. The van der Waals surface area contributed by atoms with Crippen LogP contribution in [-0.2, 0) is 12.8 Å². The molecule has 0 aliphatic rings. The van der Waals surface area contributed by atoms with Crippen molar-refractivity contribution in [1.82, 2.24) is 19.9 Å². The predicted molar refractivity (Wildman–Crippen MR) is 114 cm³/mol. The number of nitrogens with zero attached hydrogens (tertiary/aromatic N) is 2. The van der Waals surface area contributed by atoms with Gasteiger partial charge < -0.3 is 15.3 Å². The van der Waals surface area contributed by atoms with Gasteiger partial charge in [-0.2, -0.15) is 0 Å². The van der Waals surface area contributed by atoms with Crippen molar-refractivity contribution >= 4 is 33.4 Å². The summed E-state index contributed by atoms with van der Waals surface area (Å²) in [4.78, 5) is 15.0. The first-order valence-corrected chi connectivity index (χ1v) is 9.56. The van der Waals surface area contributed by atoms with E-state index in [-0.39, 0.29) is 0 Å². The number of H-pyrrole nitrogens is 2. The van der Waals surface area contributed by atoms with Crippen molar-refractivity contribution in [3.05, 3.63) is 84.4 Å². The highest BCUT2D eigenvalue weighted by atomic mass is 15.0. The number of hydrogen-bond acceptors (Lipinski definition) is 3. The van der Waals surface area contributed by atoms with E-state index in [9.17, 15) is 0 Å². The SMILES string of the molecule is c1ccc2c(CCCc3ccc(Nc4ncnc5[nH]ccc45)cc3)c[nH]c2c1. The molecule has 2 aromatic carbocycles. The third-order valence-corrected chi connectivity index (χ3v) is 5.16. The molecule has 0 aliphatic carbocycles. The molecular formula is C23H21N5. The molecule has 0 bridgehead atoms. The first kappa shape index (κ1) is 16.6. The zero-order chi connectivity index (χ0) is 18.8. The standard InChI is InChI=1S/C23H21N5/c1-2-7-21-19(6-1)17(14-25-21)5-3-4-16-8-10-18(11-9-16)28-23-20-12-13-24-22(20)26-15-27-23/h1-2,6-15,25H,3-5H2,(H2,24,26,27,28). The second kappa shape index (κ2) is 7.19. The largest absolute Gasteiger partial charge is 0.361 e. The highest BCUT2D eigenvalue weighted by Crippen LogP contribution is 2.23. The van der Waals surface area contributed by atoms with Crippen LogP contribution in [0.2, 0.25) is 0 Å². The van der Waals surface area contributed by atoms with E-state index < -0.39 is 0 Å². The molecule has 5 aromatic rings. The Bertz CT molecular complexity index is 1220. The van der Waals surface area contributed by atoms with Crippen LogP contribution >= 0.6 is 0 Å². The number of aryl methyl sites for hydroxylation is 2. The molecule has 0 unspecified atom stereocenters. The van der Waals surface area contributed by atoms with Crippen molar-refractivity contribution < 1.29 is 0 Å². The molecule has 5 nitrogen and oxygen atoms in total. The fourth-order valence-corrected chi connectivity index (χ4v) is 3.68. The second-order valence-electron chi connectivity index (χ2n) is 7.00. The molecule has 0 spiro atoms. The summed E-state index contributed by atoms with van der Waals surface area (Å²) < 4.78 is 0. The van der Waals surface area contributed by atoms with Crippen LogP contribution in [0.4, 0.5) is 11.5 Å². The Labute approximate surface area is 162 Å². The first-order chi connectivity index (χ1) is 13.9. The smallest absolute Gasteiger partial charge is 0.143 e. The fraction of sp³-hybridized carbons (Fsp3) is 0.130. The number of hydrogen-bond donors (Lipinski definition) is 3. The van der Waals surface area contributed by atoms with Crippen LogP contribution in [0.5, 0.6) is 0 Å². The van der Waals surface area contributed by atoms with E-state index in [0.717, 1.165) is 41.8 Å². The monoisotopic (exact) mass is 367 g/mol. The van der Waals surface area contributed by atoms with Crippen LogP contribution in [0.25, 0.3) is 21.9 Å². The quantitative estimate of drug-likeness (QED) is 0.378. The molecule has 28 heavy (non-hydrogen) atoms. The van der Waals surface area contributed by atoms with Crippen LogP contribution in [0.15, 0.2) is 73.3 Å². The maximum absolute atomic E-state index is 4.35. The Morgan fingerprint density at radius 2 is 1.71 bits per heavy atom. The minimum absolute atomic E-state index is 0.818. The van der Waals surface area contributed by atoms with E-state index in [4.69, 9.17) is 0 Å². The minimum atomic E-state index is 0.818. The predicted octanol–water partition coefficient (Wildman–Crippen LogP) is 5.36. The van der Waals surface area contributed by atoms with Gasteiger partial charge in [0, 0.05) is 29.0 Å². The Kier molecular flexibility index (Phi) is 4.26. The third-order valence-electron chi connectivity index (χ3n) is 5.16. The van der Waals surface area contributed by atoms with Crippen molar-refractivity contribution in [2.75, 3.05) is 5.32 Å². The number of anilines is 2. The van der Waals surface area contributed by atoms with Crippen molar-refractivity contribution in [2.24, 2.45) is 0 Å². The summed E-state index contributed by atoms with van der Waals surface area (Å²) in [5, 5.41) is 5.71. The summed E-state index contributed by atoms with van der Waals surface area (Å²) >= 11 is 0. The zero-order valence-corrected chi connectivity index (χ0v) is 15.4. The van der Waals surface area contributed by atoms with E-state index in [0.29, 0.717) is 0 Å². The molecule has 138 valence electrons. The van der Waals surface area contributed by atoms with Gasteiger partial charge in [0.1, 0.15) is 17.8 Å². The van der Waals surface area contributed by atoms with Crippen LogP contribution in [0, 0.1) is 0 Å². The normalized spacial score (nSPS) is 11.3. The molecule has 0 saturated carbocycles. The van der Waals surface area contributed by atoms with Gasteiger partial charge >= 0.3 is 0 Å². The Hall–Kier alpha value is -3.60. The number of para-hydroxylation sites is 1. The van der Waals surface area contributed by atoms with E-state index in [1.165, 1.54) is 22.0 Å². The number of nitrogens with one attached hydrogen (secondary N) is 3. The fourth-order valence-electron chi connectivity index (χ4n) is 3.68. The lowest BCUT2D eigenvalue weighted by atomic mass is 10.0. The van der Waals surface area contributed by atoms with Gasteiger partial charge in [0.25, 0.3) is 0 Å². The van der Waals surface area contributed by atoms with E-state index in [1.54, 1.807) is 6.33 Å². The molecule has 0 saturated heterocycles. The Morgan fingerprint density at radius 1 is 0.821 bits per heavy atom. The van der Waals surface area contributed by atoms with Crippen molar-refractivity contribution in [1.29, 1.82) is 0 Å². The lowest BCUT2D eigenvalue weighted by Crippen LogP contribution is -1.96. The van der Waals surface area contributed by atoms with Crippen LogP contribution in [-0.4, -0.2) is 19.9 Å². The van der Waals surface area contributed by atoms with Gasteiger partial charge in [-0.05, 0) is 54.7 Å². The minimum Gasteiger partial charge on any atom is -0.361 e. The lowest BCUT2D eigenvalue weighted by Gasteiger charge is -2.08. The molecule has 5 rings (SSSR count). The second-order valence-corrected chi connectivity index (χ2v) is 7.00. The summed E-state index contributed by atoms with van der Waals surface area (Å²) in [6.45, 7) is 0. The van der Waals surface area contributed by atoms with E-state index in [1.807, 2.05) is 12.3 Å². The number of fused-ring (bicyclic) bond motifs is 2. The first-order valence-electron chi connectivity index (χ1n) is 9.56. The lowest BCUT2D eigenvalue weighted by molar-refractivity contribution is 0.825. The van der Waals surface area contributed by atoms with Crippen molar-refractivity contribution in [3.8, 4) is 0 Å². The summed E-state index contributed by atoms with van der Waals surface area (Å²) in [6.07, 6.45) is 8.86. The van der Waals surface area contributed by atoms with Crippen LogP contribution in [0.1, 0.15) is 17.5 Å². The molecular weight excluding hydrogens is 346 g/mol. The highest BCUT2D eigenvalue weighted by molar-refractivity contribution is 5.88. The maximum atomic E-state index is 4.35. The molecule has 0 atom stereocenters. The summed E-state index contributed by atoms with van der Waals surface area (Å²) in [5.41, 5.74) is 5.83. The van der Waals surface area contributed by atoms with Gasteiger partial charge in [-0.15, -0.1) is 0 Å². The van der Waals surface area contributed by atoms with Gasteiger partial charge in [0.05, 0.1) is 5.39 Å². The summed E-state index contributed by atoms with van der Waals surface area (Å²) in [6, 6.07) is 19.1. The number of aromatic amines is 2. The van der Waals surface area contributed by atoms with Gasteiger partial charge in [-0.1, -0.05) is 30.3 Å². The highest BCUT2D eigenvalue weighted by Gasteiger charge is 2.05. The third kappa shape index (κ3) is 3.22. The molecule has 5 heteroatoms. The molecule has 0 aliphatic heterocycles. The van der Waals surface area contributed by atoms with Crippen LogP contribution in [0.3, 0.4) is 0 Å². The van der Waals surface area contributed by atoms with E-state index >= 15 is 0 Å². The molecule has 0 amide bonds. The summed E-state index contributed by atoms with van der Waals surface area (Å²) in [7, 11) is 0. The Morgan fingerprint density at radius 3 is 2.64 bits per heavy atom. The average Bonchev–Trinajstić information content (AvgIpc) is 3.37. The number of aromatic nitrogens is 4. The van der Waals surface area contributed by atoms with Crippen molar-refractivity contribution in [2.45, 2.75) is 19.3 Å². The van der Waals surface area contributed by atoms with Crippen molar-refractivity contribution in [3.63, 3.8) is 0 Å². The molecule has 0 radical (unpaired) electrons.